The number of hydrogen-bond acceptors (Lipinski definition) is 5. The van der Waals surface area contributed by atoms with E-state index in [1.807, 2.05) is 30.3 Å². The minimum Gasteiger partial charge on any atom is -0.493 e. The number of hydrogen-bond donors (Lipinski definition) is 2. The average Bonchev–Trinajstić information content (AvgIpc) is 2.65. The van der Waals surface area contributed by atoms with E-state index in [0.717, 1.165) is 11.1 Å². The number of rotatable bonds is 11. The minimum atomic E-state index is 0.0265. The molecule has 0 aliphatic heterocycles. The first-order valence-electron chi connectivity index (χ1n) is 8.27. The molecule has 142 valence electrons. The van der Waals surface area contributed by atoms with Gasteiger partial charge in [0, 0.05) is 34.8 Å². The predicted molar refractivity (Wildman–Crippen MR) is 103 cm³/mol. The Morgan fingerprint density at radius 2 is 1.81 bits per heavy atom. The molecule has 2 aromatic rings. The van der Waals surface area contributed by atoms with Crippen LogP contribution in [0, 0.1) is 0 Å². The highest BCUT2D eigenvalue weighted by molar-refractivity contribution is 6.31. The van der Waals surface area contributed by atoms with Crippen LogP contribution in [0.15, 0.2) is 36.4 Å². The second-order valence-electron chi connectivity index (χ2n) is 5.49. The molecular formula is C19H23Cl2NO4. The predicted octanol–water partition coefficient (Wildman–Crippen LogP) is 3.68. The van der Waals surface area contributed by atoms with Crippen molar-refractivity contribution >= 4 is 23.2 Å². The fourth-order valence-corrected chi connectivity index (χ4v) is 2.70. The smallest absolute Gasteiger partial charge is 0.163 e. The second-order valence-corrected chi connectivity index (χ2v) is 6.30. The third-order valence-electron chi connectivity index (χ3n) is 3.65. The molecule has 0 amide bonds. The van der Waals surface area contributed by atoms with Crippen molar-refractivity contribution in [1.82, 2.24) is 5.32 Å². The van der Waals surface area contributed by atoms with Crippen LogP contribution in [0.5, 0.6) is 11.5 Å². The molecule has 0 saturated carbocycles. The van der Waals surface area contributed by atoms with Crippen LogP contribution >= 0.6 is 23.2 Å². The van der Waals surface area contributed by atoms with Crippen LogP contribution < -0.4 is 14.8 Å². The molecular weight excluding hydrogens is 377 g/mol. The number of ether oxygens (including phenoxy) is 3. The Bertz CT molecular complexity index is 697. The van der Waals surface area contributed by atoms with Crippen LogP contribution in [0.3, 0.4) is 0 Å². The molecule has 7 heteroatoms. The number of methoxy groups -OCH3 is 1. The van der Waals surface area contributed by atoms with Crippen molar-refractivity contribution in [1.29, 1.82) is 0 Å². The summed E-state index contributed by atoms with van der Waals surface area (Å²) in [7, 11) is 1.59. The van der Waals surface area contributed by atoms with Gasteiger partial charge in [-0.2, -0.15) is 0 Å². The van der Waals surface area contributed by atoms with Crippen molar-refractivity contribution in [2.24, 2.45) is 0 Å². The van der Waals surface area contributed by atoms with Crippen LogP contribution in [0.1, 0.15) is 11.1 Å². The summed E-state index contributed by atoms with van der Waals surface area (Å²) in [5, 5.41) is 13.1. The van der Waals surface area contributed by atoms with Crippen molar-refractivity contribution in [2.45, 2.75) is 13.2 Å². The molecule has 0 fully saturated rings. The number of aliphatic hydroxyl groups is 1. The molecule has 26 heavy (non-hydrogen) atoms. The van der Waals surface area contributed by atoms with Gasteiger partial charge < -0.3 is 24.6 Å². The molecule has 0 saturated heterocycles. The zero-order valence-corrected chi connectivity index (χ0v) is 16.1. The maximum Gasteiger partial charge on any atom is 0.163 e. The van der Waals surface area contributed by atoms with E-state index in [4.69, 9.17) is 42.5 Å². The van der Waals surface area contributed by atoms with Crippen LogP contribution in [-0.2, 0) is 17.9 Å². The highest BCUT2D eigenvalue weighted by Gasteiger charge is 2.11. The Hall–Kier alpha value is -1.50. The number of aliphatic hydroxyl groups excluding tert-OH is 1. The highest BCUT2D eigenvalue weighted by atomic mass is 35.5. The highest BCUT2D eigenvalue weighted by Crippen LogP contribution is 2.34. The van der Waals surface area contributed by atoms with Crippen molar-refractivity contribution in [3.63, 3.8) is 0 Å². The molecule has 0 radical (unpaired) electrons. The van der Waals surface area contributed by atoms with Gasteiger partial charge in [-0.25, -0.2) is 0 Å². The molecule has 0 unspecified atom stereocenters. The lowest BCUT2D eigenvalue weighted by molar-refractivity contribution is 0.0938. The summed E-state index contributed by atoms with van der Waals surface area (Å²) in [6, 6.07) is 11.1. The molecule has 2 rings (SSSR count). The maximum absolute atomic E-state index is 8.66. The topological polar surface area (TPSA) is 60.0 Å². The Kier molecular flexibility index (Phi) is 9.01. The zero-order chi connectivity index (χ0) is 18.8. The van der Waals surface area contributed by atoms with Gasteiger partial charge in [-0.15, -0.1) is 0 Å². The summed E-state index contributed by atoms with van der Waals surface area (Å²) in [5.41, 5.74) is 1.79. The van der Waals surface area contributed by atoms with E-state index in [2.05, 4.69) is 5.32 Å². The number of nitrogens with one attached hydrogen (secondary N) is 1. The summed E-state index contributed by atoms with van der Waals surface area (Å²) >= 11 is 12.5. The first-order valence-corrected chi connectivity index (χ1v) is 9.03. The summed E-state index contributed by atoms with van der Waals surface area (Å²) in [6.45, 7) is 2.44. The lowest BCUT2D eigenvalue weighted by atomic mass is 10.2. The Morgan fingerprint density at radius 3 is 2.54 bits per heavy atom. The van der Waals surface area contributed by atoms with Gasteiger partial charge in [-0.05, 0) is 17.7 Å². The SMILES string of the molecule is COc1cc(CNCCOCCO)c(Cl)cc1OCc1ccccc1Cl. The lowest BCUT2D eigenvalue weighted by Crippen LogP contribution is -2.20. The monoisotopic (exact) mass is 399 g/mol. The van der Waals surface area contributed by atoms with E-state index < -0.39 is 0 Å². The fraction of sp³-hybridized carbons (Fsp3) is 0.368. The number of benzene rings is 2. The van der Waals surface area contributed by atoms with Crippen LogP contribution in [0.2, 0.25) is 10.0 Å². The van der Waals surface area contributed by atoms with E-state index >= 15 is 0 Å². The molecule has 0 heterocycles. The van der Waals surface area contributed by atoms with Gasteiger partial charge in [-0.1, -0.05) is 41.4 Å². The molecule has 0 aromatic heterocycles. The zero-order valence-electron chi connectivity index (χ0n) is 14.6. The number of halogens is 2. The van der Waals surface area contributed by atoms with Gasteiger partial charge >= 0.3 is 0 Å². The molecule has 0 aliphatic carbocycles. The van der Waals surface area contributed by atoms with Crippen LogP contribution in [-0.4, -0.2) is 38.6 Å². The Balaban J connectivity index is 1.96. The van der Waals surface area contributed by atoms with Crippen molar-refractivity contribution in [3.8, 4) is 11.5 Å². The third-order valence-corrected chi connectivity index (χ3v) is 4.37. The van der Waals surface area contributed by atoms with E-state index in [0.29, 0.717) is 54.5 Å². The van der Waals surface area contributed by atoms with E-state index in [1.165, 1.54) is 0 Å². The lowest BCUT2D eigenvalue weighted by Gasteiger charge is -2.15. The summed E-state index contributed by atoms with van der Waals surface area (Å²) < 4.78 is 16.5. The Morgan fingerprint density at radius 1 is 1.00 bits per heavy atom. The van der Waals surface area contributed by atoms with Gasteiger partial charge in [0.25, 0.3) is 0 Å². The Labute approximate surface area is 163 Å². The normalized spacial score (nSPS) is 10.8. The third kappa shape index (κ3) is 6.34. The van der Waals surface area contributed by atoms with E-state index in [9.17, 15) is 0 Å². The first-order chi connectivity index (χ1) is 12.7. The molecule has 2 aromatic carbocycles. The molecule has 2 N–H and O–H groups in total. The molecule has 0 spiro atoms. The molecule has 5 nitrogen and oxygen atoms in total. The van der Waals surface area contributed by atoms with Gasteiger partial charge in [-0.3, -0.25) is 0 Å². The largest absolute Gasteiger partial charge is 0.493 e. The van der Waals surface area contributed by atoms with E-state index in [-0.39, 0.29) is 6.61 Å². The fourth-order valence-electron chi connectivity index (χ4n) is 2.29. The standard InChI is InChI=1S/C19H23Cl2NO4/c1-24-18-10-15(12-22-6-8-25-9-7-23)17(21)11-19(18)26-13-14-4-2-3-5-16(14)20/h2-5,10-11,22-23H,6-9,12-13H2,1H3. The van der Waals surface area contributed by atoms with Gasteiger partial charge in [0.15, 0.2) is 11.5 Å². The molecule has 0 atom stereocenters. The second kappa shape index (κ2) is 11.3. The molecule has 0 bridgehead atoms. The summed E-state index contributed by atoms with van der Waals surface area (Å²) in [5.74, 6) is 1.17. The molecule has 0 aliphatic rings. The van der Waals surface area contributed by atoms with Gasteiger partial charge in [0.1, 0.15) is 6.61 Å². The van der Waals surface area contributed by atoms with E-state index in [1.54, 1.807) is 13.2 Å². The minimum absolute atomic E-state index is 0.0265. The maximum atomic E-state index is 8.66. The average molecular weight is 400 g/mol. The van der Waals surface area contributed by atoms with Crippen molar-refractivity contribution in [2.75, 3.05) is 33.5 Å². The first kappa shape index (κ1) is 20.8. The summed E-state index contributed by atoms with van der Waals surface area (Å²) in [6.07, 6.45) is 0. The van der Waals surface area contributed by atoms with Crippen LogP contribution in [0.25, 0.3) is 0 Å². The summed E-state index contributed by atoms with van der Waals surface area (Å²) in [4.78, 5) is 0. The van der Waals surface area contributed by atoms with Gasteiger partial charge in [0.05, 0.1) is 26.9 Å². The van der Waals surface area contributed by atoms with Crippen molar-refractivity contribution in [3.05, 3.63) is 57.6 Å². The van der Waals surface area contributed by atoms with Gasteiger partial charge in [0.2, 0.25) is 0 Å². The van der Waals surface area contributed by atoms with Crippen molar-refractivity contribution < 1.29 is 19.3 Å². The quantitative estimate of drug-likeness (QED) is 0.564. The van der Waals surface area contributed by atoms with Crippen LogP contribution in [0.4, 0.5) is 0 Å².